The summed E-state index contributed by atoms with van der Waals surface area (Å²) >= 11 is 0. The number of nitrogens with zero attached hydrogens (tertiary/aromatic N) is 4. The van der Waals surface area contributed by atoms with Crippen LogP contribution in [0.1, 0.15) is 16.7 Å². The first-order chi connectivity index (χ1) is 16.6. The maximum Gasteiger partial charge on any atom is 0.420 e. The van der Waals surface area contributed by atoms with Gasteiger partial charge in [0.25, 0.3) is 15.6 Å². The summed E-state index contributed by atoms with van der Waals surface area (Å²) in [6.07, 6.45) is -2.21. The molecule has 0 spiro atoms. The molecule has 0 atom stereocenters. The molecule has 35 heavy (non-hydrogen) atoms. The lowest BCUT2D eigenvalue weighted by atomic mass is 10.1. The van der Waals surface area contributed by atoms with Gasteiger partial charge in [-0.05, 0) is 49.7 Å². The Hall–Kier alpha value is -3.93. The van der Waals surface area contributed by atoms with Crippen molar-refractivity contribution in [3.63, 3.8) is 0 Å². The fraction of sp³-hybridized carbons (Fsp3) is 0.174. The molecule has 1 N–H and O–H groups in total. The molecule has 0 saturated heterocycles. The largest absolute Gasteiger partial charge is 0.420 e. The smallest absolute Gasteiger partial charge is 0.288 e. The minimum atomic E-state index is -4.73. The molecule has 3 aromatic heterocycles. The lowest BCUT2D eigenvalue weighted by molar-refractivity contribution is -0.137. The normalized spacial score (nSPS) is 13.8. The quantitative estimate of drug-likeness (QED) is 0.461. The Balaban J connectivity index is 1.68. The van der Waals surface area contributed by atoms with Crippen LogP contribution in [0.4, 0.5) is 19.0 Å². The first-order valence-electron chi connectivity index (χ1n) is 10.5. The molecule has 0 unspecified atom stereocenters. The van der Waals surface area contributed by atoms with Crippen LogP contribution in [0.25, 0.3) is 17.1 Å². The number of benzene rings is 1. The Morgan fingerprint density at radius 1 is 0.971 bits per heavy atom. The number of aryl methyl sites for hydroxylation is 1. The third-order valence-corrected chi connectivity index (χ3v) is 7.56. The van der Waals surface area contributed by atoms with Crippen molar-refractivity contribution in [1.29, 1.82) is 0 Å². The Morgan fingerprint density at radius 3 is 2.31 bits per heavy atom. The van der Waals surface area contributed by atoms with Crippen LogP contribution in [0.3, 0.4) is 0 Å². The molecular weight excluding hydrogens is 483 g/mol. The summed E-state index contributed by atoms with van der Waals surface area (Å²) in [6, 6.07) is 11.4. The molecule has 0 amide bonds. The van der Waals surface area contributed by atoms with Crippen LogP contribution in [-0.4, -0.2) is 34.7 Å². The van der Waals surface area contributed by atoms with Gasteiger partial charge in [0.2, 0.25) is 0 Å². The number of alkyl halides is 3. The Morgan fingerprint density at radius 2 is 1.63 bits per heavy atom. The van der Waals surface area contributed by atoms with E-state index in [1.165, 1.54) is 18.3 Å². The van der Waals surface area contributed by atoms with Crippen molar-refractivity contribution in [2.75, 3.05) is 10.8 Å². The monoisotopic (exact) mass is 501 g/mol. The van der Waals surface area contributed by atoms with Crippen molar-refractivity contribution in [3.05, 3.63) is 88.0 Å². The van der Waals surface area contributed by atoms with Gasteiger partial charge in [-0.1, -0.05) is 17.7 Å². The predicted octanol–water partition coefficient (Wildman–Crippen LogP) is 3.70. The number of pyridine rings is 2. The van der Waals surface area contributed by atoms with Crippen LogP contribution in [0.15, 0.2) is 70.6 Å². The van der Waals surface area contributed by atoms with Crippen molar-refractivity contribution < 1.29 is 21.6 Å². The SMILES string of the molecule is Cc1ccc(S(=O)(=O)N2CCc3c([nH]n(-c4ncccc4C(F)(F)F)c3=O)-c3cccnc32)cc1. The van der Waals surface area contributed by atoms with E-state index in [1.54, 1.807) is 24.3 Å². The van der Waals surface area contributed by atoms with E-state index in [1.807, 2.05) is 6.92 Å². The fourth-order valence-corrected chi connectivity index (χ4v) is 5.49. The zero-order valence-corrected chi connectivity index (χ0v) is 19.1. The van der Waals surface area contributed by atoms with Crippen LogP contribution in [0, 0.1) is 6.92 Å². The molecule has 1 aliphatic rings. The molecule has 0 bridgehead atoms. The molecule has 0 saturated carbocycles. The maximum atomic E-state index is 13.6. The third-order valence-electron chi connectivity index (χ3n) is 5.76. The van der Waals surface area contributed by atoms with Crippen molar-refractivity contribution in [2.45, 2.75) is 24.4 Å². The first kappa shape index (κ1) is 22.8. The molecule has 1 aliphatic heterocycles. The van der Waals surface area contributed by atoms with Gasteiger partial charge in [0.05, 0.1) is 10.6 Å². The zero-order chi connectivity index (χ0) is 25.0. The fourth-order valence-electron chi connectivity index (χ4n) is 4.05. The highest BCUT2D eigenvalue weighted by Gasteiger charge is 2.37. The van der Waals surface area contributed by atoms with Crippen LogP contribution in [0.2, 0.25) is 0 Å². The van der Waals surface area contributed by atoms with Crippen molar-refractivity contribution in [1.82, 2.24) is 19.7 Å². The number of halogens is 3. The molecule has 12 heteroatoms. The van der Waals surface area contributed by atoms with E-state index in [0.717, 1.165) is 32.9 Å². The summed E-state index contributed by atoms with van der Waals surface area (Å²) < 4.78 is 69.5. The van der Waals surface area contributed by atoms with E-state index in [0.29, 0.717) is 0 Å². The number of rotatable bonds is 3. The highest BCUT2D eigenvalue weighted by atomic mass is 32.2. The molecule has 4 heterocycles. The second-order valence-corrected chi connectivity index (χ2v) is 9.86. The molecule has 4 aromatic rings. The Bertz CT molecular complexity index is 1590. The number of aromatic amines is 1. The topological polar surface area (TPSA) is 101 Å². The molecule has 8 nitrogen and oxygen atoms in total. The van der Waals surface area contributed by atoms with Crippen LogP contribution >= 0.6 is 0 Å². The lowest BCUT2D eigenvalue weighted by Gasteiger charge is -2.23. The van der Waals surface area contributed by atoms with Crippen molar-refractivity contribution in [3.8, 4) is 17.1 Å². The number of nitrogens with one attached hydrogen (secondary N) is 1. The summed E-state index contributed by atoms with van der Waals surface area (Å²) in [5.41, 5.74) is -0.321. The predicted molar refractivity (Wildman–Crippen MR) is 122 cm³/mol. The lowest BCUT2D eigenvalue weighted by Crippen LogP contribution is -2.34. The van der Waals surface area contributed by atoms with Gasteiger partial charge in [-0.3, -0.25) is 9.89 Å². The summed E-state index contributed by atoms with van der Waals surface area (Å²) in [6.45, 7) is 1.71. The number of H-pyrrole nitrogens is 1. The molecular formula is C23H18F3N5O3S. The standard InChI is InChI=1S/C23H18F3N5O3S/c1-14-6-8-15(9-7-14)35(33,34)30-13-10-17-19(16-4-2-11-27-20(16)30)29-31(22(17)32)21-18(23(24,25)26)5-3-12-28-21/h2-9,11-12,29H,10,13H2,1H3. The van der Waals surface area contributed by atoms with Gasteiger partial charge in [-0.25, -0.2) is 27.4 Å². The molecule has 0 fully saturated rings. The molecule has 0 radical (unpaired) electrons. The van der Waals surface area contributed by atoms with Gasteiger partial charge in [0, 0.05) is 30.1 Å². The van der Waals surface area contributed by atoms with E-state index in [9.17, 15) is 26.4 Å². The molecule has 180 valence electrons. The van der Waals surface area contributed by atoms with Crippen LogP contribution in [0.5, 0.6) is 0 Å². The van der Waals surface area contributed by atoms with E-state index >= 15 is 0 Å². The van der Waals surface area contributed by atoms with Gasteiger partial charge >= 0.3 is 6.18 Å². The number of fused-ring (bicyclic) bond motifs is 3. The van der Waals surface area contributed by atoms with Crippen LogP contribution in [-0.2, 0) is 22.6 Å². The summed E-state index contributed by atoms with van der Waals surface area (Å²) in [4.78, 5) is 21.4. The summed E-state index contributed by atoms with van der Waals surface area (Å²) in [5.74, 6) is -0.523. The number of anilines is 1. The number of sulfonamides is 1. The Kier molecular flexibility index (Phi) is 5.28. The first-order valence-corrected chi connectivity index (χ1v) is 11.9. The van der Waals surface area contributed by atoms with Gasteiger partial charge in [0.1, 0.15) is 5.56 Å². The minimum Gasteiger partial charge on any atom is -0.288 e. The molecule has 5 rings (SSSR count). The molecule has 1 aromatic carbocycles. The number of aromatic nitrogens is 4. The third kappa shape index (κ3) is 3.79. The number of hydrogen-bond donors (Lipinski definition) is 1. The average molecular weight is 501 g/mol. The van der Waals surface area contributed by atoms with Crippen molar-refractivity contribution in [2.24, 2.45) is 0 Å². The highest BCUT2D eigenvalue weighted by Crippen LogP contribution is 2.37. The van der Waals surface area contributed by atoms with Gasteiger partial charge in [-0.15, -0.1) is 0 Å². The second kappa shape index (κ2) is 8.08. The van der Waals surface area contributed by atoms with Gasteiger partial charge in [0.15, 0.2) is 11.6 Å². The van der Waals surface area contributed by atoms with Gasteiger partial charge < -0.3 is 0 Å². The van der Waals surface area contributed by atoms with E-state index in [2.05, 4.69) is 15.1 Å². The van der Waals surface area contributed by atoms with Gasteiger partial charge in [-0.2, -0.15) is 13.2 Å². The Labute approximate surface area is 197 Å². The van der Waals surface area contributed by atoms with E-state index < -0.39 is 33.1 Å². The van der Waals surface area contributed by atoms with Crippen LogP contribution < -0.4 is 9.86 Å². The average Bonchev–Trinajstić information content (AvgIpc) is 3.05. The maximum absolute atomic E-state index is 13.6. The van der Waals surface area contributed by atoms with Crippen molar-refractivity contribution >= 4 is 15.8 Å². The second-order valence-electron chi connectivity index (χ2n) is 7.99. The minimum absolute atomic E-state index is 0.0483. The zero-order valence-electron chi connectivity index (χ0n) is 18.2. The van der Waals surface area contributed by atoms with E-state index in [-0.39, 0.29) is 40.5 Å². The highest BCUT2D eigenvalue weighted by molar-refractivity contribution is 7.92. The summed E-state index contributed by atoms with van der Waals surface area (Å²) in [5, 5.41) is 2.73. The summed E-state index contributed by atoms with van der Waals surface area (Å²) in [7, 11) is -4.03. The number of hydrogen-bond acceptors (Lipinski definition) is 5. The molecule has 0 aliphatic carbocycles. The van der Waals surface area contributed by atoms with E-state index in [4.69, 9.17) is 0 Å².